The maximum absolute atomic E-state index is 11.4. The molecule has 1 aliphatic heterocycles. The first-order valence-electron chi connectivity index (χ1n) is 4.65. The van der Waals surface area contributed by atoms with Crippen LogP contribution in [0, 0.1) is 0 Å². The maximum Gasteiger partial charge on any atom is 0.338 e. The topological polar surface area (TPSA) is 79.4 Å². The predicted octanol–water partition coefficient (Wildman–Crippen LogP) is 0.849. The van der Waals surface area contributed by atoms with Crippen molar-refractivity contribution in [2.45, 2.75) is 19.8 Å². The fraction of sp³-hybridized carbons (Fsp3) is 0.333. The Bertz CT molecular complexity index is 480. The lowest BCUT2D eigenvalue weighted by Gasteiger charge is -2.05. The molecular formula is C9H9N3O3S. The Morgan fingerprint density at radius 3 is 2.50 bits per heavy atom. The van der Waals surface area contributed by atoms with Gasteiger partial charge in [0.2, 0.25) is 5.13 Å². The Balaban J connectivity index is 2.33. The number of amides is 4. The number of thiazole rings is 1. The lowest BCUT2D eigenvalue weighted by Crippen LogP contribution is -2.30. The molecule has 4 amide bonds. The third-order valence-corrected chi connectivity index (χ3v) is 2.96. The van der Waals surface area contributed by atoms with Gasteiger partial charge in [0, 0.05) is 5.38 Å². The van der Waals surface area contributed by atoms with Crippen molar-refractivity contribution in [2.24, 2.45) is 0 Å². The normalized spacial score (nSPS) is 16.2. The summed E-state index contributed by atoms with van der Waals surface area (Å²) in [6, 6.07) is -0.736. The molecule has 1 fully saturated rings. The zero-order chi connectivity index (χ0) is 11.9. The number of carbonyl (C=O) groups is 3. The highest BCUT2D eigenvalue weighted by atomic mass is 32.1. The standard InChI is InChI=1S/C9H9N3O3S/c1-4(2)5-3-16-9(10-5)12-7(14)6(13)11-8(12)15/h3-4H,1-2H3,(H,11,13,15). The molecule has 0 unspecified atom stereocenters. The molecule has 0 radical (unpaired) electrons. The van der Waals surface area contributed by atoms with E-state index in [9.17, 15) is 14.4 Å². The van der Waals surface area contributed by atoms with Crippen LogP contribution in [0.2, 0.25) is 0 Å². The van der Waals surface area contributed by atoms with Gasteiger partial charge in [0.25, 0.3) is 0 Å². The minimum Gasteiger partial charge on any atom is -0.269 e. The number of urea groups is 1. The summed E-state index contributed by atoms with van der Waals surface area (Å²) in [5, 5.41) is 3.92. The van der Waals surface area contributed by atoms with E-state index >= 15 is 0 Å². The summed E-state index contributed by atoms with van der Waals surface area (Å²) in [7, 11) is 0. The summed E-state index contributed by atoms with van der Waals surface area (Å²) in [5.74, 6) is -1.58. The molecule has 0 saturated carbocycles. The Labute approximate surface area is 95.3 Å². The summed E-state index contributed by atoms with van der Waals surface area (Å²) in [5.41, 5.74) is 0.792. The average Bonchev–Trinajstić information content (AvgIpc) is 2.74. The molecule has 0 atom stereocenters. The molecule has 2 rings (SSSR count). The van der Waals surface area contributed by atoms with Crippen LogP contribution in [0.25, 0.3) is 0 Å². The Hall–Kier alpha value is -1.76. The quantitative estimate of drug-likeness (QED) is 0.613. The minimum absolute atomic E-state index is 0.210. The van der Waals surface area contributed by atoms with Crippen LogP contribution in [0.5, 0.6) is 0 Å². The smallest absolute Gasteiger partial charge is 0.269 e. The first-order valence-corrected chi connectivity index (χ1v) is 5.53. The zero-order valence-corrected chi connectivity index (χ0v) is 9.50. The monoisotopic (exact) mass is 239 g/mol. The van der Waals surface area contributed by atoms with E-state index in [0.29, 0.717) is 0 Å². The molecule has 1 saturated heterocycles. The van der Waals surface area contributed by atoms with Crippen molar-refractivity contribution in [1.82, 2.24) is 10.3 Å². The van der Waals surface area contributed by atoms with Crippen molar-refractivity contribution in [3.8, 4) is 0 Å². The second-order valence-electron chi connectivity index (χ2n) is 3.61. The van der Waals surface area contributed by atoms with Crippen molar-refractivity contribution in [3.05, 3.63) is 11.1 Å². The van der Waals surface area contributed by atoms with Gasteiger partial charge in [-0.3, -0.25) is 14.9 Å². The van der Waals surface area contributed by atoms with Gasteiger partial charge in [-0.2, -0.15) is 4.90 Å². The van der Waals surface area contributed by atoms with E-state index in [1.807, 2.05) is 19.2 Å². The number of nitrogens with zero attached hydrogens (tertiary/aromatic N) is 2. The van der Waals surface area contributed by atoms with E-state index in [1.54, 1.807) is 5.38 Å². The third kappa shape index (κ3) is 1.58. The second-order valence-corrected chi connectivity index (χ2v) is 4.45. The SMILES string of the molecule is CC(C)c1csc(N2C(=O)NC(=O)C2=O)n1. The third-order valence-electron chi connectivity index (χ3n) is 2.11. The maximum atomic E-state index is 11.4. The highest BCUT2D eigenvalue weighted by Crippen LogP contribution is 2.26. The van der Waals surface area contributed by atoms with Crippen LogP contribution in [0.3, 0.4) is 0 Å². The molecule has 2 heterocycles. The highest BCUT2D eigenvalue weighted by molar-refractivity contribution is 7.14. The molecule has 1 N–H and O–H groups in total. The largest absolute Gasteiger partial charge is 0.338 e. The van der Waals surface area contributed by atoms with Gasteiger partial charge in [-0.25, -0.2) is 9.78 Å². The van der Waals surface area contributed by atoms with Crippen LogP contribution in [0.1, 0.15) is 25.5 Å². The van der Waals surface area contributed by atoms with Crippen LogP contribution in [0.15, 0.2) is 5.38 Å². The fourth-order valence-electron chi connectivity index (χ4n) is 1.22. The number of carbonyl (C=O) groups excluding carboxylic acids is 3. The summed E-state index contributed by atoms with van der Waals surface area (Å²) in [6.45, 7) is 3.91. The van der Waals surface area contributed by atoms with Crippen LogP contribution < -0.4 is 10.2 Å². The Morgan fingerprint density at radius 2 is 2.06 bits per heavy atom. The predicted molar refractivity (Wildman–Crippen MR) is 57.2 cm³/mol. The van der Waals surface area contributed by atoms with E-state index in [4.69, 9.17) is 0 Å². The van der Waals surface area contributed by atoms with Crippen LogP contribution in [0.4, 0.5) is 9.93 Å². The lowest BCUT2D eigenvalue weighted by molar-refractivity contribution is -0.134. The van der Waals surface area contributed by atoms with Crippen LogP contribution in [-0.2, 0) is 9.59 Å². The number of hydrogen-bond donors (Lipinski definition) is 1. The molecule has 0 aromatic carbocycles. The van der Waals surface area contributed by atoms with Gasteiger partial charge >= 0.3 is 17.8 Å². The van der Waals surface area contributed by atoms with Crippen molar-refractivity contribution in [3.63, 3.8) is 0 Å². The Morgan fingerprint density at radius 1 is 1.38 bits per heavy atom. The van der Waals surface area contributed by atoms with E-state index in [0.717, 1.165) is 10.6 Å². The number of aromatic nitrogens is 1. The van der Waals surface area contributed by atoms with E-state index in [-0.39, 0.29) is 11.0 Å². The second kappa shape index (κ2) is 3.67. The average molecular weight is 239 g/mol. The molecular weight excluding hydrogens is 230 g/mol. The number of hydrogen-bond acceptors (Lipinski definition) is 5. The molecule has 0 bridgehead atoms. The fourth-order valence-corrected chi connectivity index (χ4v) is 2.20. The van der Waals surface area contributed by atoms with Crippen molar-refractivity contribution < 1.29 is 14.4 Å². The molecule has 1 aliphatic rings. The molecule has 84 valence electrons. The first kappa shape index (κ1) is 10.7. The molecule has 6 nitrogen and oxygen atoms in total. The molecule has 0 spiro atoms. The van der Waals surface area contributed by atoms with Gasteiger partial charge in [-0.15, -0.1) is 11.3 Å². The number of anilines is 1. The number of nitrogens with one attached hydrogen (secondary N) is 1. The Kier molecular flexibility index (Phi) is 2.47. The molecule has 1 aromatic heterocycles. The van der Waals surface area contributed by atoms with E-state index in [1.165, 1.54) is 11.3 Å². The van der Waals surface area contributed by atoms with Crippen LogP contribution in [-0.4, -0.2) is 22.8 Å². The summed E-state index contributed by atoms with van der Waals surface area (Å²) >= 11 is 1.17. The van der Waals surface area contributed by atoms with Gasteiger partial charge in [0.15, 0.2) is 0 Å². The molecule has 1 aromatic rings. The van der Waals surface area contributed by atoms with Gasteiger partial charge < -0.3 is 0 Å². The van der Waals surface area contributed by atoms with Gasteiger partial charge in [-0.05, 0) is 5.92 Å². The first-order chi connectivity index (χ1) is 7.50. The van der Waals surface area contributed by atoms with E-state index < -0.39 is 17.8 Å². The summed E-state index contributed by atoms with van der Waals surface area (Å²) in [4.78, 5) is 38.5. The highest BCUT2D eigenvalue weighted by Gasteiger charge is 2.39. The molecule has 16 heavy (non-hydrogen) atoms. The zero-order valence-electron chi connectivity index (χ0n) is 8.68. The summed E-state index contributed by atoms with van der Waals surface area (Å²) in [6.07, 6.45) is 0. The molecule has 7 heteroatoms. The van der Waals surface area contributed by atoms with Crippen molar-refractivity contribution in [1.29, 1.82) is 0 Å². The number of rotatable bonds is 2. The molecule has 0 aliphatic carbocycles. The minimum atomic E-state index is -0.911. The van der Waals surface area contributed by atoms with Gasteiger partial charge in [0.05, 0.1) is 5.69 Å². The van der Waals surface area contributed by atoms with Gasteiger partial charge in [0.1, 0.15) is 0 Å². The van der Waals surface area contributed by atoms with Crippen LogP contribution >= 0.6 is 11.3 Å². The van der Waals surface area contributed by atoms with Crippen molar-refractivity contribution >= 4 is 34.3 Å². The lowest BCUT2D eigenvalue weighted by atomic mass is 10.2. The van der Waals surface area contributed by atoms with Gasteiger partial charge in [-0.1, -0.05) is 13.8 Å². The number of imide groups is 2. The van der Waals surface area contributed by atoms with E-state index in [2.05, 4.69) is 4.98 Å². The van der Waals surface area contributed by atoms with Crippen molar-refractivity contribution in [2.75, 3.05) is 4.90 Å². The summed E-state index contributed by atoms with van der Waals surface area (Å²) < 4.78 is 0.